The monoisotopic (exact) mass is 354 g/mol. The average Bonchev–Trinajstić information content (AvgIpc) is 3.03. The molecule has 0 unspecified atom stereocenters. The van der Waals surface area contributed by atoms with Crippen LogP contribution >= 0.6 is 23.1 Å². The molecule has 3 heterocycles. The minimum absolute atomic E-state index is 0.162. The van der Waals surface area contributed by atoms with Crippen LogP contribution in [0.25, 0.3) is 0 Å². The summed E-state index contributed by atoms with van der Waals surface area (Å²) in [6.07, 6.45) is 0.197. The van der Waals surface area contributed by atoms with E-state index in [0.717, 1.165) is 9.78 Å². The number of thioether (sulfide) groups is 1. The highest BCUT2D eigenvalue weighted by Gasteiger charge is 2.54. The van der Waals surface area contributed by atoms with Gasteiger partial charge >= 0.3 is 5.97 Å². The molecule has 2 atom stereocenters. The van der Waals surface area contributed by atoms with Crippen LogP contribution in [0.5, 0.6) is 0 Å². The molecule has 0 aromatic carbocycles. The highest BCUT2D eigenvalue weighted by molar-refractivity contribution is 8.00. The molecule has 9 heteroatoms. The molecule has 0 radical (unpaired) electrons. The summed E-state index contributed by atoms with van der Waals surface area (Å²) in [6, 6.07) is 2.97. The van der Waals surface area contributed by atoms with Crippen LogP contribution in [0, 0.1) is 0 Å². The number of hydrogen-bond donors (Lipinski definition) is 3. The zero-order chi connectivity index (χ0) is 16.6. The smallest absolute Gasteiger partial charge is 0.352 e. The maximum absolute atomic E-state index is 12.2. The second-order valence-corrected chi connectivity index (χ2v) is 7.26. The van der Waals surface area contributed by atoms with Crippen LogP contribution in [0.15, 0.2) is 28.8 Å². The largest absolute Gasteiger partial charge is 0.477 e. The van der Waals surface area contributed by atoms with Gasteiger partial charge in [-0.05, 0) is 17.0 Å². The maximum Gasteiger partial charge on any atom is 0.352 e. The molecule has 7 nitrogen and oxygen atoms in total. The molecule has 3 N–H and O–H groups in total. The van der Waals surface area contributed by atoms with Crippen molar-refractivity contribution in [2.75, 3.05) is 12.4 Å². The first kappa shape index (κ1) is 16.0. The molecule has 0 spiro atoms. The number of amides is 2. The summed E-state index contributed by atoms with van der Waals surface area (Å²) in [5, 5.41) is 22.6. The van der Waals surface area contributed by atoms with E-state index in [9.17, 15) is 24.6 Å². The topological polar surface area (TPSA) is 107 Å². The predicted molar refractivity (Wildman–Crippen MR) is 84.8 cm³/mol. The summed E-state index contributed by atoms with van der Waals surface area (Å²) in [5.74, 6) is -1.63. The zero-order valence-electron chi connectivity index (χ0n) is 11.9. The van der Waals surface area contributed by atoms with Gasteiger partial charge in [-0.3, -0.25) is 14.5 Å². The van der Waals surface area contributed by atoms with E-state index in [1.807, 2.05) is 17.5 Å². The number of carboxylic acid groups (broad SMARTS) is 1. The van der Waals surface area contributed by atoms with E-state index in [1.54, 1.807) is 0 Å². The van der Waals surface area contributed by atoms with E-state index < -0.39 is 29.9 Å². The van der Waals surface area contributed by atoms with Gasteiger partial charge in [-0.15, -0.1) is 23.1 Å². The van der Waals surface area contributed by atoms with Gasteiger partial charge in [-0.1, -0.05) is 6.07 Å². The second kappa shape index (κ2) is 6.34. The molecule has 0 bridgehead atoms. The van der Waals surface area contributed by atoms with Gasteiger partial charge in [0.1, 0.15) is 17.1 Å². The Morgan fingerprint density at radius 3 is 2.83 bits per heavy atom. The van der Waals surface area contributed by atoms with Gasteiger partial charge in [-0.2, -0.15) is 0 Å². The molecule has 1 aromatic heterocycles. The Morgan fingerprint density at radius 1 is 1.43 bits per heavy atom. The summed E-state index contributed by atoms with van der Waals surface area (Å²) in [4.78, 5) is 37.6. The number of aliphatic hydroxyl groups excluding tert-OH is 1. The minimum atomic E-state index is -1.24. The second-order valence-electron chi connectivity index (χ2n) is 5.13. The maximum atomic E-state index is 12.2. The van der Waals surface area contributed by atoms with E-state index in [1.165, 1.54) is 23.1 Å². The summed E-state index contributed by atoms with van der Waals surface area (Å²) in [7, 11) is 0. The molecule has 1 aromatic rings. The third-order valence-electron chi connectivity index (χ3n) is 3.67. The summed E-state index contributed by atoms with van der Waals surface area (Å²) in [5.41, 5.74) is 0.153. The Kier molecular flexibility index (Phi) is 4.42. The van der Waals surface area contributed by atoms with Gasteiger partial charge in [0, 0.05) is 10.6 Å². The van der Waals surface area contributed by atoms with E-state index >= 15 is 0 Å². The molecule has 23 heavy (non-hydrogen) atoms. The predicted octanol–water partition coefficient (Wildman–Crippen LogP) is 0.0215. The Bertz CT molecular complexity index is 685. The fourth-order valence-corrected chi connectivity index (χ4v) is 4.64. The summed E-state index contributed by atoms with van der Waals surface area (Å²) < 4.78 is 0. The van der Waals surface area contributed by atoms with Crippen molar-refractivity contribution in [1.82, 2.24) is 10.2 Å². The van der Waals surface area contributed by atoms with E-state index in [2.05, 4.69) is 5.32 Å². The van der Waals surface area contributed by atoms with E-state index in [-0.39, 0.29) is 18.0 Å². The van der Waals surface area contributed by atoms with Gasteiger partial charge in [0.05, 0.1) is 13.0 Å². The normalized spacial score (nSPS) is 23.3. The highest BCUT2D eigenvalue weighted by Crippen LogP contribution is 2.40. The zero-order valence-corrected chi connectivity index (χ0v) is 13.5. The quantitative estimate of drug-likeness (QED) is 0.644. The molecule has 122 valence electrons. The first-order valence-electron chi connectivity index (χ1n) is 6.85. The lowest BCUT2D eigenvalue weighted by molar-refractivity contribution is -0.150. The standard InChI is InChI=1S/C14H14N2O5S2/c17-5-7-6-23-13-10(12(19)16(13)11(7)14(20)21)15-9(18)4-8-2-1-3-22-8/h1-3,10,13,17H,4-6H2,(H,15,18)(H,20,21)/t10-,13-/m0/s1. The van der Waals surface area contributed by atoms with Gasteiger partial charge in [0.15, 0.2) is 0 Å². The number of β-lactam (4-membered cyclic amide) rings is 1. The lowest BCUT2D eigenvalue weighted by Gasteiger charge is -2.49. The first-order chi connectivity index (χ1) is 11.0. The molecule has 2 aliphatic heterocycles. The van der Waals surface area contributed by atoms with Crippen molar-refractivity contribution in [2.45, 2.75) is 17.8 Å². The Morgan fingerprint density at radius 2 is 2.22 bits per heavy atom. The van der Waals surface area contributed by atoms with Crippen LogP contribution in [0.1, 0.15) is 4.88 Å². The van der Waals surface area contributed by atoms with Gasteiger partial charge in [-0.25, -0.2) is 4.79 Å². The fourth-order valence-electron chi connectivity index (χ4n) is 2.60. The molecule has 2 amide bonds. The number of carbonyl (C=O) groups excluding carboxylic acids is 2. The lowest BCUT2D eigenvalue weighted by Crippen LogP contribution is -2.70. The third-order valence-corrected chi connectivity index (χ3v) is 5.89. The van der Waals surface area contributed by atoms with Crippen LogP contribution in [-0.2, 0) is 20.8 Å². The number of rotatable bonds is 5. The van der Waals surface area contributed by atoms with Gasteiger partial charge in [0.2, 0.25) is 5.91 Å². The molecule has 0 aliphatic carbocycles. The number of aliphatic carboxylic acids is 1. The van der Waals surface area contributed by atoms with Crippen molar-refractivity contribution in [2.24, 2.45) is 0 Å². The number of thiophene rings is 1. The van der Waals surface area contributed by atoms with E-state index in [4.69, 9.17) is 0 Å². The van der Waals surface area contributed by atoms with Crippen molar-refractivity contribution in [3.05, 3.63) is 33.7 Å². The summed E-state index contributed by atoms with van der Waals surface area (Å²) >= 11 is 2.80. The highest BCUT2D eigenvalue weighted by atomic mass is 32.2. The summed E-state index contributed by atoms with van der Waals surface area (Å²) in [6.45, 7) is -0.402. The molecule has 2 aliphatic rings. The number of aliphatic hydroxyl groups is 1. The number of carbonyl (C=O) groups is 3. The molecule has 3 rings (SSSR count). The number of nitrogens with one attached hydrogen (secondary N) is 1. The fraction of sp³-hybridized carbons (Fsp3) is 0.357. The van der Waals surface area contributed by atoms with Crippen molar-refractivity contribution in [1.29, 1.82) is 0 Å². The average molecular weight is 354 g/mol. The van der Waals surface area contributed by atoms with Crippen molar-refractivity contribution >= 4 is 40.9 Å². The molecular formula is C14H14N2O5S2. The van der Waals surface area contributed by atoms with Crippen LogP contribution in [0.4, 0.5) is 0 Å². The Balaban J connectivity index is 1.69. The van der Waals surface area contributed by atoms with Crippen LogP contribution < -0.4 is 5.32 Å². The Hall–Kier alpha value is -1.84. The SMILES string of the molecule is O=C(Cc1cccs1)N[C@H]1C(=O)N2C(C(=O)O)=C(CO)CS[C@@H]12. The van der Waals surface area contributed by atoms with Crippen LogP contribution in [0.3, 0.4) is 0 Å². The number of nitrogens with zero attached hydrogens (tertiary/aromatic N) is 1. The molecule has 1 saturated heterocycles. The van der Waals surface area contributed by atoms with Crippen LogP contribution in [0.2, 0.25) is 0 Å². The molecule has 0 saturated carbocycles. The van der Waals surface area contributed by atoms with Gasteiger partial charge in [0.25, 0.3) is 5.91 Å². The number of hydrogen-bond acceptors (Lipinski definition) is 6. The molecular weight excluding hydrogens is 340 g/mol. The number of carboxylic acids is 1. The van der Waals surface area contributed by atoms with E-state index in [0.29, 0.717) is 11.3 Å². The van der Waals surface area contributed by atoms with Crippen molar-refractivity contribution < 1.29 is 24.6 Å². The number of fused-ring (bicyclic) bond motifs is 1. The van der Waals surface area contributed by atoms with Crippen molar-refractivity contribution in [3.8, 4) is 0 Å². The molecule has 1 fully saturated rings. The third kappa shape index (κ3) is 2.87. The van der Waals surface area contributed by atoms with Crippen molar-refractivity contribution in [3.63, 3.8) is 0 Å². The lowest BCUT2D eigenvalue weighted by atomic mass is 10.0. The Labute approximate surface area is 140 Å². The van der Waals surface area contributed by atoms with Crippen LogP contribution in [-0.4, -0.2) is 56.7 Å². The van der Waals surface area contributed by atoms with Gasteiger partial charge < -0.3 is 15.5 Å². The first-order valence-corrected chi connectivity index (χ1v) is 8.78. The minimum Gasteiger partial charge on any atom is -0.477 e.